The summed E-state index contributed by atoms with van der Waals surface area (Å²) in [4.78, 5) is 3.91. The molecule has 2 rings (SSSR count). The molecule has 0 bridgehead atoms. The van der Waals surface area contributed by atoms with Gasteiger partial charge in [0.25, 0.3) is 0 Å². The van der Waals surface area contributed by atoms with Crippen molar-refractivity contribution in [3.8, 4) is 17.9 Å². The summed E-state index contributed by atoms with van der Waals surface area (Å²) >= 11 is 0. The Bertz CT molecular complexity index is 642. The predicted octanol–water partition coefficient (Wildman–Crippen LogP) is -1.12. The number of aromatic nitrogens is 2. The van der Waals surface area contributed by atoms with Crippen molar-refractivity contribution >= 4 is 0 Å². The molecule has 0 radical (unpaired) electrons. The molecule has 0 saturated carbocycles. The quantitative estimate of drug-likeness (QED) is 0.516. The van der Waals surface area contributed by atoms with Crippen molar-refractivity contribution in [3.63, 3.8) is 0 Å². The van der Waals surface area contributed by atoms with Crippen LogP contribution in [0.3, 0.4) is 0 Å². The zero-order valence-corrected chi connectivity index (χ0v) is 12.6. The lowest BCUT2D eigenvalue weighted by Crippen LogP contribution is -2.33. The van der Waals surface area contributed by atoms with Gasteiger partial charge >= 0.3 is 0 Å². The van der Waals surface area contributed by atoms with E-state index < -0.39 is 37.3 Å². The van der Waals surface area contributed by atoms with Crippen LogP contribution in [0.5, 0.6) is 0 Å². The van der Waals surface area contributed by atoms with Crippen LogP contribution < -0.4 is 0 Å². The molecule has 1 saturated heterocycles. The molecule has 0 aromatic carbocycles. The number of hydrogen-bond donors (Lipinski definition) is 4. The maximum atomic E-state index is 10.1. The first-order chi connectivity index (χ1) is 11.0. The fourth-order valence-electron chi connectivity index (χ4n) is 2.27. The molecule has 0 aliphatic carbocycles. The van der Waals surface area contributed by atoms with Gasteiger partial charge < -0.3 is 25.2 Å². The lowest BCUT2D eigenvalue weighted by atomic mass is 10.1. The van der Waals surface area contributed by atoms with Crippen LogP contribution in [-0.2, 0) is 4.74 Å². The molecular weight excluding hydrogens is 302 g/mol. The summed E-state index contributed by atoms with van der Waals surface area (Å²) in [6, 6.07) is 1.90. The first-order valence-electron chi connectivity index (χ1n) is 7.29. The van der Waals surface area contributed by atoms with Crippen molar-refractivity contribution < 1.29 is 25.2 Å². The summed E-state index contributed by atoms with van der Waals surface area (Å²) in [7, 11) is 0. The number of aliphatic hydroxyl groups is 4. The minimum atomic E-state index is -1.28. The van der Waals surface area contributed by atoms with Crippen LogP contribution in [-0.4, -0.2) is 61.0 Å². The van der Waals surface area contributed by atoms with Crippen LogP contribution in [0.4, 0.5) is 0 Å². The first-order valence-corrected chi connectivity index (χ1v) is 7.29. The van der Waals surface area contributed by atoms with E-state index in [4.69, 9.17) is 15.1 Å². The van der Waals surface area contributed by atoms with Gasteiger partial charge in [-0.2, -0.15) is 5.26 Å². The Hall–Kier alpha value is -1.94. The zero-order chi connectivity index (χ0) is 17.0. The number of aliphatic hydroxyl groups excluding tert-OH is 4. The molecule has 8 nitrogen and oxygen atoms in total. The highest BCUT2D eigenvalue weighted by molar-refractivity contribution is 5.40. The third-order valence-corrected chi connectivity index (χ3v) is 3.71. The Kier molecular flexibility index (Phi) is 5.72. The number of imidazole rings is 1. The van der Waals surface area contributed by atoms with Crippen LogP contribution in [0.1, 0.15) is 37.4 Å². The Balaban J connectivity index is 2.30. The molecular formula is C15H19N3O5. The van der Waals surface area contributed by atoms with E-state index in [1.807, 2.05) is 13.0 Å². The number of nitriles is 1. The predicted molar refractivity (Wildman–Crippen MR) is 77.7 cm³/mol. The third kappa shape index (κ3) is 3.53. The van der Waals surface area contributed by atoms with E-state index in [2.05, 4.69) is 16.8 Å². The molecule has 4 N–H and O–H groups in total. The van der Waals surface area contributed by atoms with Gasteiger partial charge in [-0.3, -0.25) is 4.57 Å². The van der Waals surface area contributed by atoms with Gasteiger partial charge in [0.05, 0.1) is 19.0 Å². The average Bonchev–Trinajstić information content (AvgIpc) is 3.09. The van der Waals surface area contributed by atoms with Gasteiger partial charge in [-0.25, -0.2) is 4.98 Å². The Morgan fingerprint density at radius 2 is 2.17 bits per heavy atom. The molecule has 23 heavy (non-hydrogen) atoms. The van der Waals surface area contributed by atoms with Crippen molar-refractivity contribution in [1.29, 1.82) is 5.26 Å². The minimum Gasteiger partial charge on any atom is -0.394 e. The van der Waals surface area contributed by atoms with Crippen molar-refractivity contribution in [2.45, 2.75) is 50.4 Å². The largest absolute Gasteiger partial charge is 0.394 e. The standard InChI is InChI=1S/C15H19N3O5/c1-2-9(20)4-3-5-11-10(6-16)17-8-18(11)15-14(22)13(21)12(7-19)23-15/h8-9,12-15,19-22H,2,4,7H2,1H3/t9?,12-,13-,14-,15-/m1/s1. The number of hydrogen-bond acceptors (Lipinski definition) is 7. The van der Waals surface area contributed by atoms with Crippen molar-refractivity contribution in [3.05, 3.63) is 17.7 Å². The molecule has 0 spiro atoms. The minimum absolute atomic E-state index is 0.0567. The second kappa shape index (κ2) is 7.55. The summed E-state index contributed by atoms with van der Waals surface area (Å²) in [6.07, 6.45) is -2.92. The van der Waals surface area contributed by atoms with Gasteiger partial charge in [-0.1, -0.05) is 12.8 Å². The van der Waals surface area contributed by atoms with Gasteiger partial charge in [0.15, 0.2) is 11.9 Å². The topological polar surface area (TPSA) is 132 Å². The summed E-state index contributed by atoms with van der Waals surface area (Å²) in [5, 5.41) is 47.7. The molecule has 1 aliphatic rings. The van der Waals surface area contributed by atoms with E-state index in [1.54, 1.807) is 0 Å². The smallest absolute Gasteiger partial charge is 0.174 e. The van der Waals surface area contributed by atoms with E-state index in [1.165, 1.54) is 10.9 Å². The highest BCUT2D eigenvalue weighted by atomic mass is 16.6. The van der Waals surface area contributed by atoms with Gasteiger partial charge in [-0.05, 0) is 12.3 Å². The van der Waals surface area contributed by atoms with Gasteiger partial charge in [0, 0.05) is 6.42 Å². The van der Waals surface area contributed by atoms with Crippen molar-refractivity contribution in [1.82, 2.24) is 9.55 Å². The molecule has 8 heteroatoms. The molecule has 1 unspecified atom stereocenters. The summed E-state index contributed by atoms with van der Waals surface area (Å²) < 4.78 is 6.77. The Labute approximate surface area is 133 Å². The first kappa shape index (κ1) is 17.4. The van der Waals surface area contributed by atoms with E-state index in [-0.39, 0.29) is 17.8 Å². The second-order valence-electron chi connectivity index (χ2n) is 5.26. The van der Waals surface area contributed by atoms with Crippen molar-refractivity contribution in [2.75, 3.05) is 6.61 Å². The van der Waals surface area contributed by atoms with Gasteiger partial charge in [0.1, 0.15) is 30.1 Å². The lowest BCUT2D eigenvalue weighted by Gasteiger charge is -2.17. The van der Waals surface area contributed by atoms with Crippen LogP contribution in [0.2, 0.25) is 0 Å². The van der Waals surface area contributed by atoms with E-state index in [0.29, 0.717) is 6.42 Å². The molecule has 1 fully saturated rings. The third-order valence-electron chi connectivity index (χ3n) is 3.71. The van der Waals surface area contributed by atoms with Crippen LogP contribution in [0.25, 0.3) is 0 Å². The molecule has 1 aromatic rings. The average molecular weight is 321 g/mol. The molecule has 1 aliphatic heterocycles. The number of ether oxygens (including phenoxy) is 1. The number of rotatable bonds is 4. The Morgan fingerprint density at radius 3 is 2.74 bits per heavy atom. The van der Waals surface area contributed by atoms with Crippen molar-refractivity contribution in [2.24, 2.45) is 0 Å². The highest BCUT2D eigenvalue weighted by Gasteiger charge is 2.44. The second-order valence-corrected chi connectivity index (χ2v) is 5.26. The summed E-state index contributed by atoms with van der Waals surface area (Å²) in [6.45, 7) is 1.38. The van der Waals surface area contributed by atoms with Gasteiger partial charge in [0.2, 0.25) is 0 Å². The summed E-state index contributed by atoms with van der Waals surface area (Å²) in [5.74, 6) is 5.52. The maximum Gasteiger partial charge on any atom is 0.174 e. The normalized spacial score (nSPS) is 28.0. The van der Waals surface area contributed by atoms with E-state index in [9.17, 15) is 15.3 Å². The van der Waals surface area contributed by atoms with Crippen LogP contribution in [0.15, 0.2) is 6.33 Å². The van der Waals surface area contributed by atoms with Gasteiger partial charge in [-0.15, -0.1) is 0 Å². The maximum absolute atomic E-state index is 10.1. The molecule has 2 heterocycles. The van der Waals surface area contributed by atoms with Crippen LogP contribution in [0, 0.1) is 23.2 Å². The summed E-state index contributed by atoms with van der Waals surface area (Å²) in [5.41, 5.74) is 0.284. The molecule has 5 atom stereocenters. The van der Waals surface area contributed by atoms with Crippen LogP contribution >= 0.6 is 0 Å². The van der Waals surface area contributed by atoms with E-state index >= 15 is 0 Å². The SMILES string of the molecule is CCC(O)CC#Cc1c(C#N)ncn1[C@@H]1O[C@H](CO)[C@@H](O)[C@H]1O. The zero-order valence-electron chi connectivity index (χ0n) is 12.6. The van der Waals surface area contributed by atoms with E-state index in [0.717, 1.165) is 0 Å². The molecule has 0 amide bonds. The lowest BCUT2D eigenvalue weighted by molar-refractivity contribution is -0.0531. The fraction of sp³-hybridized carbons (Fsp3) is 0.600. The Morgan fingerprint density at radius 1 is 1.43 bits per heavy atom. The fourth-order valence-corrected chi connectivity index (χ4v) is 2.27. The monoisotopic (exact) mass is 321 g/mol. The highest BCUT2D eigenvalue weighted by Crippen LogP contribution is 2.30. The number of nitrogens with zero attached hydrogens (tertiary/aromatic N) is 3. The molecule has 124 valence electrons. The molecule has 1 aromatic heterocycles.